The molecule has 0 radical (unpaired) electrons. The molecule has 10 rings (SSSR count). The molecule has 5 aromatic carbocycles. The maximum absolute atomic E-state index is 14.3. The topological polar surface area (TPSA) is 201 Å². The summed E-state index contributed by atoms with van der Waals surface area (Å²) >= 11 is 1.33. The van der Waals surface area contributed by atoms with Gasteiger partial charge in [0.05, 0.1) is 35.7 Å². The minimum absolute atomic E-state index is 0.0130. The number of para-hydroxylation sites is 2. The first-order valence-corrected chi connectivity index (χ1v) is 29.1. The molecule has 17 nitrogen and oxygen atoms in total. The van der Waals surface area contributed by atoms with Crippen LogP contribution in [0.15, 0.2) is 91.0 Å². The smallest absolute Gasteiger partial charge is 0.260 e. The van der Waals surface area contributed by atoms with Crippen molar-refractivity contribution in [3.63, 3.8) is 0 Å². The molecular formula is C63H68N6O11S. The van der Waals surface area contributed by atoms with Crippen molar-refractivity contribution in [2.24, 2.45) is 5.92 Å². The molecule has 5 atom stereocenters. The van der Waals surface area contributed by atoms with Crippen LogP contribution in [0, 0.1) is 12.8 Å². The number of ketones is 2. The fourth-order valence-corrected chi connectivity index (χ4v) is 12.5. The van der Waals surface area contributed by atoms with Gasteiger partial charge >= 0.3 is 0 Å². The largest absolute Gasteiger partial charge is 0.493 e. The number of nitrogens with one attached hydrogen (secondary N) is 2. The molecule has 422 valence electrons. The van der Waals surface area contributed by atoms with Gasteiger partial charge < -0.3 is 39.5 Å². The number of fused-ring (bicyclic) bond motifs is 8. The monoisotopic (exact) mass is 1120 g/mol. The van der Waals surface area contributed by atoms with Gasteiger partial charge in [-0.2, -0.15) is 11.8 Å². The van der Waals surface area contributed by atoms with Crippen LogP contribution in [0.1, 0.15) is 113 Å². The highest BCUT2D eigenvalue weighted by Crippen LogP contribution is 2.43. The molecule has 0 saturated carbocycles. The number of thioether (sulfide) groups is 1. The number of carbonyl (C=O) groups excluding carboxylic acids is 8. The van der Waals surface area contributed by atoms with Gasteiger partial charge in [0, 0.05) is 92.9 Å². The Bertz CT molecular complexity index is 3360. The molecule has 0 aromatic heterocycles. The average molecular weight is 1120 g/mol. The number of imide groups is 1. The Balaban J connectivity index is 0.814. The second-order valence-corrected chi connectivity index (χ2v) is 23.0. The highest BCUT2D eigenvalue weighted by Gasteiger charge is 2.41. The van der Waals surface area contributed by atoms with Crippen LogP contribution < -0.4 is 39.5 Å². The number of ether oxygens (including phenoxy) is 3. The van der Waals surface area contributed by atoms with E-state index in [4.69, 9.17) is 14.2 Å². The SMILES string of the molecule is COc1cc2c(cc1OCc1cc(COc3cc4c(cc3C)C(=O)N3c5ccccc5C[C@H]3CC4)cc(NC(=O)[C@H](C)CC(=O)[C@H](C)NC(=O)CCC(=O)CCCN3C(=O)CC(SC)C3=O)c1)N(C)C[C@@H]1Cc3ccccc3N1C2=O. The number of nitrogens with zero attached hydrogens (tertiary/aromatic N) is 4. The molecule has 0 aliphatic carbocycles. The summed E-state index contributed by atoms with van der Waals surface area (Å²) in [5.41, 5.74) is 9.59. The van der Waals surface area contributed by atoms with E-state index in [1.54, 1.807) is 31.4 Å². The molecule has 5 aliphatic heterocycles. The molecule has 81 heavy (non-hydrogen) atoms. The summed E-state index contributed by atoms with van der Waals surface area (Å²) in [6, 6.07) is 28.1. The van der Waals surface area contributed by atoms with Crippen LogP contribution in [-0.2, 0) is 61.2 Å². The van der Waals surface area contributed by atoms with Gasteiger partial charge in [-0.15, -0.1) is 0 Å². The lowest BCUT2D eigenvalue weighted by atomic mass is 9.98. The van der Waals surface area contributed by atoms with Crippen molar-refractivity contribution in [3.05, 3.63) is 136 Å². The molecule has 0 bridgehead atoms. The summed E-state index contributed by atoms with van der Waals surface area (Å²) in [6.07, 6.45) is 5.05. The van der Waals surface area contributed by atoms with E-state index < -0.39 is 23.8 Å². The molecule has 5 aliphatic rings. The third-order valence-corrected chi connectivity index (χ3v) is 17.2. The second-order valence-electron chi connectivity index (χ2n) is 22.0. The normalized spacial score (nSPS) is 18.6. The van der Waals surface area contributed by atoms with E-state index in [0.717, 1.165) is 47.3 Å². The third-order valence-electron chi connectivity index (χ3n) is 16.2. The molecule has 2 N–H and O–H groups in total. The summed E-state index contributed by atoms with van der Waals surface area (Å²) in [5, 5.41) is 5.26. The predicted molar refractivity (Wildman–Crippen MR) is 309 cm³/mol. The molecule has 1 unspecified atom stereocenters. The Labute approximate surface area is 476 Å². The van der Waals surface area contributed by atoms with E-state index in [-0.39, 0.29) is 104 Å². The van der Waals surface area contributed by atoms with Gasteiger partial charge in [-0.3, -0.25) is 43.3 Å². The fourth-order valence-electron chi connectivity index (χ4n) is 11.9. The van der Waals surface area contributed by atoms with Gasteiger partial charge in [0.2, 0.25) is 23.6 Å². The number of likely N-dealkylation sites (N-methyl/N-ethyl adjacent to an activating group) is 1. The van der Waals surface area contributed by atoms with Gasteiger partial charge in [-0.05, 0) is 134 Å². The molecule has 6 amide bonds. The Kier molecular flexibility index (Phi) is 16.7. The number of aryl methyl sites for hydroxylation is 2. The molecule has 5 aromatic rings. The summed E-state index contributed by atoms with van der Waals surface area (Å²) in [5.74, 6) is -1.48. The molecular weight excluding hydrogens is 1050 g/mol. The Morgan fingerprint density at radius 2 is 1.37 bits per heavy atom. The standard InChI is InChI=1S/C63H68N6O11S/c1-36-22-48-41(17-18-45-27-42-12-7-9-15-50(42)68(45)61(48)75)29-54(36)79-34-39-24-40(35-80-56-31-52-49(30-55(56)78-5)62(76)69-46(33-66(52)4)28-43-13-8-10-16-51(43)69)26-44(25-39)65-60(74)37(2)23-53(71)38(3)64-58(72)20-19-47(70)14-11-21-67-59(73)32-57(81-6)63(67)77/h7-10,12-13,15-16,22,24-26,29-31,37-38,45-46,57H,11,14,17-21,23,27-28,32-35H2,1-6H3,(H,64,72)(H,65,74)/t37-,38+,45-,46+,57?/m1/s1. The van der Waals surface area contributed by atoms with Crippen LogP contribution in [0.5, 0.6) is 17.2 Å². The number of amides is 6. The molecule has 1 saturated heterocycles. The highest BCUT2D eigenvalue weighted by molar-refractivity contribution is 8.00. The number of anilines is 4. The molecule has 5 heterocycles. The lowest BCUT2D eigenvalue weighted by Crippen LogP contribution is -2.41. The number of hydrogen-bond donors (Lipinski definition) is 2. The van der Waals surface area contributed by atoms with Crippen molar-refractivity contribution in [1.29, 1.82) is 0 Å². The van der Waals surface area contributed by atoms with Gasteiger partial charge in [-0.25, -0.2) is 0 Å². The van der Waals surface area contributed by atoms with Gasteiger partial charge in [0.25, 0.3) is 11.8 Å². The zero-order valence-corrected chi connectivity index (χ0v) is 47.5. The van der Waals surface area contributed by atoms with Crippen LogP contribution >= 0.6 is 11.8 Å². The Hall–Kier alpha value is -7.99. The predicted octanol–water partition coefficient (Wildman–Crippen LogP) is 8.36. The van der Waals surface area contributed by atoms with Crippen molar-refractivity contribution in [1.82, 2.24) is 10.2 Å². The lowest BCUT2D eigenvalue weighted by Gasteiger charge is -2.25. The molecule has 0 spiro atoms. The first-order valence-electron chi connectivity index (χ1n) is 27.8. The van der Waals surface area contributed by atoms with Crippen LogP contribution in [0.4, 0.5) is 22.7 Å². The van der Waals surface area contributed by atoms with E-state index in [1.807, 2.05) is 84.4 Å². The van der Waals surface area contributed by atoms with Gasteiger partial charge in [0.1, 0.15) is 24.7 Å². The maximum atomic E-state index is 14.3. The summed E-state index contributed by atoms with van der Waals surface area (Å²) < 4.78 is 18.9. The highest BCUT2D eigenvalue weighted by atomic mass is 32.2. The number of hydrogen-bond acceptors (Lipinski definition) is 13. The summed E-state index contributed by atoms with van der Waals surface area (Å²) in [6.45, 7) is 5.98. The first-order chi connectivity index (χ1) is 39.0. The minimum Gasteiger partial charge on any atom is -0.493 e. The number of benzene rings is 5. The van der Waals surface area contributed by atoms with Crippen LogP contribution in [0.3, 0.4) is 0 Å². The number of likely N-dealkylation sites (tertiary alicyclic amines) is 1. The van der Waals surface area contributed by atoms with Crippen LogP contribution in [-0.4, -0.2) is 109 Å². The van der Waals surface area contributed by atoms with E-state index in [2.05, 4.69) is 27.7 Å². The van der Waals surface area contributed by atoms with E-state index in [0.29, 0.717) is 70.3 Å². The Morgan fingerprint density at radius 3 is 2.05 bits per heavy atom. The van der Waals surface area contributed by atoms with Gasteiger partial charge in [-0.1, -0.05) is 43.3 Å². The molecule has 18 heteroatoms. The third kappa shape index (κ3) is 11.9. The van der Waals surface area contributed by atoms with Crippen molar-refractivity contribution >= 4 is 81.5 Å². The van der Waals surface area contributed by atoms with Crippen LogP contribution in [0.25, 0.3) is 0 Å². The van der Waals surface area contributed by atoms with Gasteiger partial charge in [0.15, 0.2) is 17.3 Å². The van der Waals surface area contributed by atoms with E-state index in [1.165, 1.54) is 36.3 Å². The van der Waals surface area contributed by atoms with E-state index >= 15 is 0 Å². The average Bonchev–Trinajstić information content (AvgIpc) is 4.16. The van der Waals surface area contributed by atoms with E-state index in [9.17, 15) is 38.4 Å². The maximum Gasteiger partial charge on any atom is 0.260 e. The fraction of sp³-hybridized carbons (Fsp3) is 0.397. The van der Waals surface area contributed by atoms with Crippen LogP contribution in [0.2, 0.25) is 0 Å². The minimum atomic E-state index is -0.927. The van der Waals surface area contributed by atoms with Crippen molar-refractivity contribution in [2.75, 3.05) is 53.5 Å². The Morgan fingerprint density at radius 1 is 0.716 bits per heavy atom. The summed E-state index contributed by atoms with van der Waals surface area (Å²) in [7, 11) is 3.50. The van der Waals surface area contributed by atoms with Crippen molar-refractivity contribution in [3.8, 4) is 17.2 Å². The summed E-state index contributed by atoms with van der Waals surface area (Å²) in [4.78, 5) is 113. The quantitative estimate of drug-likeness (QED) is 0.0665. The second kappa shape index (κ2) is 24.0. The number of methoxy groups -OCH3 is 1. The zero-order valence-electron chi connectivity index (χ0n) is 46.6. The number of carbonyl (C=O) groups is 8. The number of Topliss-reactive ketones (excluding diaryl/α,β-unsaturated/α-hetero) is 2. The van der Waals surface area contributed by atoms with Crippen molar-refractivity contribution in [2.45, 2.75) is 122 Å². The first kappa shape index (κ1) is 56.3. The van der Waals surface area contributed by atoms with Crippen molar-refractivity contribution < 1.29 is 52.6 Å². The molecule has 1 fully saturated rings. The number of rotatable bonds is 21. The zero-order chi connectivity index (χ0) is 57.2. The lowest BCUT2D eigenvalue weighted by molar-refractivity contribution is -0.138.